The van der Waals surface area contributed by atoms with E-state index in [4.69, 9.17) is 5.73 Å². The van der Waals surface area contributed by atoms with Gasteiger partial charge in [0.1, 0.15) is 5.00 Å². The summed E-state index contributed by atoms with van der Waals surface area (Å²) in [5.74, 6) is -0.162. The van der Waals surface area contributed by atoms with Crippen LogP contribution in [0, 0.1) is 0 Å². The third-order valence-electron chi connectivity index (χ3n) is 1.81. The first kappa shape index (κ1) is 11.1. The van der Waals surface area contributed by atoms with Crippen LogP contribution < -0.4 is 11.1 Å². The number of carbonyl (C=O) groups excluding carboxylic acids is 1. The molecule has 5 nitrogen and oxygen atoms in total. The summed E-state index contributed by atoms with van der Waals surface area (Å²) >= 11 is 1.14. The van der Waals surface area contributed by atoms with E-state index < -0.39 is 6.04 Å². The van der Waals surface area contributed by atoms with Gasteiger partial charge in [0.2, 0.25) is 5.91 Å². The molecule has 0 fully saturated rings. The molecule has 0 aliphatic heterocycles. The molecule has 1 rings (SSSR count). The average Bonchev–Trinajstić information content (AvgIpc) is 2.66. The molecule has 1 aromatic rings. The van der Waals surface area contributed by atoms with Crippen LogP contribution in [0.3, 0.4) is 0 Å². The summed E-state index contributed by atoms with van der Waals surface area (Å²) in [5.41, 5.74) is 5.67. The molecule has 0 spiro atoms. The van der Waals surface area contributed by atoms with Crippen molar-refractivity contribution in [3.63, 3.8) is 0 Å². The predicted molar refractivity (Wildman–Crippen MR) is 56.0 cm³/mol. The predicted octanol–water partition coefficient (Wildman–Crippen LogP) is 0.994. The number of nitrogens with two attached hydrogens (primary N) is 1. The highest BCUT2D eigenvalue weighted by molar-refractivity contribution is 7.10. The molecule has 0 aliphatic carbocycles. The van der Waals surface area contributed by atoms with E-state index in [0.717, 1.165) is 24.4 Å². The maximum absolute atomic E-state index is 11.4. The second-order valence-corrected chi connectivity index (χ2v) is 3.81. The molecule has 1 unspecified atom stereocenters. The fraction of sp³-hybridized carbons (Fsp3) is 0.625. The van der Waals surface area contributed by atoms with Crippen molar-refractivity contribution in [3.8, 4) is 0 Å². The average molecular weight is 214 g/mol. The second-order valence-electron chi connectivity index (χ2n) is 3.02. The van der Waals surface area contributed by atoms with Crippen molar-refractivity contribution in [3.05, 3.63) is 6.20 Å². The lowest BCUT2D eigenvalue weighted by molar-refractivity contribution is -0.117. The Hall–Kier alpha value is -1.01. The number of nitrogens with zero attached hydrogens (tertiary/aromatic N) is 2. The Morgan fingerprint density at radius 2 is 2.57 bits per heavy atom. The van der Waals surface area contributed by atoms with Crippen molar-refractivity contribution in [1.29, 1.82) is 0 Å². The number of aromatic nitrogens is 2. The fourth-order valence-electron chi connectivity index (χ4n) is 0.991. The molecule has 78 valence electrons. The van der Waals surface area contributed by atoms with E-state index >= 15 is 0 Å². The first-order valence-corrected chi connectivity index (χ1v) is 5.35. The maximum Gasteiger partial charge on any atom is 0.241 e. The van der Waals surface area contributed by atoms with E-state index in [0.29, 0.717) is 11.4 Å². The summed E-state index contributed by atoms with van der Waals surface area (Å²) in [6, 6.07) is -0.433. The van der Waals surface area contributed by atoms with Crippen LogP contribution in [-0.2, 0) is 4.79 Å². The second kappa shape index (κ2) is 5.66. The summed E-state index contributed by atoms with van der Waals surface area (Å²) in [7, 11) is 0. The standard InChI is InChI=1S/C8H14N4OS/c1-2-3-4-6(9)8(13)11-7-5-10-12-14-7/h5-6H,2-4,9H2,1H3,(H,11,13). The molecule has 0 saturated carbocycles. The molecule has 1 heterocycles. The van der Waals surface area contributed by atoms with Crippen molar-refractivity contribution in [1.82, 2.24) is 9.59 Å². The van der Waals surface area contributed by atoms with Gasteiger partial charge < -0.3 is 11.1 Å². The summed E-state index contributed by atoms with van der Waals surface area (Å²) in [6.07, 6.45) is 4.24. The SMILES string of the molecule is CCCCC(N)C(=O)Nc1cnns1. The van der Waals surface area contributed by atoms with Crippen LogP contribution >= 0.6 is 11.5 Å². The zero-order valence-electron chi connectivity index (χ0n) is 8.06. The van der Waals surface area contributed by atoms with Gasteiger partial charge in [-0.2, -0.15) is 0 Å². The van der Waals surface area contributed by atoms with Crippen molar-refractivity contribution in [2.24, 2.45) is 5.73 Å². The van der Waals surface area contributed by atoms with Crippen molar-refractivity contribution in [2.45, 2.75) is 32.2 Å². The topological polar surface area (TPSA) is 80.9 Å². The van der Waals surface area contributed by atoms with Crippen LogP contribution in [0.15, 0.2) is 6.20 Å². The number of rotatable bonds is 5. The van der Waals surface area contributed by atoms with E-state index in [2.05, 4.69) is 21.8 Å². The highest BCUT2D eigenvalue weighted by Gasteiger charge is 2.13. The van der Waals surface area contributed by atoms with Gasteiger partial charge >= 0.3 is 0 Å². The van der Waals surface area contributed by atoms with Crippen LogP contribution in [-0.4, -0.2) is 21.5 Å². The minimum Gasteiger partial charge on any atom is -0.320 e. The number of amides is 1. The van der Waals surface area contributed by atoms with Gasteiger partial charge in [-0.05, 0) is 6.42 Å². The van der Waals surface area contributed by atoms with Gasteiger partial charge in [0.05, 0.1) is 12.2 Å². The largest absolute Gasteiger partial charge is 0.320 e. The van der Waals surface area contributed by atoms with Crippen LogP contribution in [0.5, 0.6) is 0 Å². The number of unbranched alkanes of at least 4 members (excludes halogenated alkanes) is 1. The van der Waals surface area contributed by atoms with Gasteiger partial charge in [-0.1, -0.05) is 24.3 Å². The van der Waals surface area contributed by atoms with Crippen LogP contribution in [0.4, 0.5) is 5.00 Å². The highest BCUT2D eigenvalue weighted by atomic mass is 32.1. The minimum absolute atomic E-state index is 0.162. The van der Waals surface area contributed by atoms with E-state index in [1.54, 1.807) is 0 Å². The third kappa shape index (κ3) is 3.39. The van der Waals surface area contributed by atoms with Crippen molar-refractivity contribution in [2.75, 3.05) is 5.32 Å². The fourth-order valence-corrected chi connectivity index (χ4v) is 1.41. The summed E-state index contributed by atoms with van der Waals surface area (Å²) < 4.78 is 3.63. The third-order valence-corrected chi connectivity index (χ3v) is 2.39. The Morgan fingerprint density at radius 3 is 3.14 bits per heavy atom. The van der Waals surface area contributed by atoms with Gasteiger partial charge in [0.15, 0.2) is 0 Å². The molecule has 0 saturated heterocycles. The van der Waals surface area contributed by atoms with Crippen molar-refractivity contribution < 1.29 is 4.79 Å². The molecule has 1 aromatic heterocycles. The molecule has 1 amide bonds. The van der Waals surface area contributed by atoms with E-state index in [-0.39, 0.29) is 5.91 Å². The normalized spacial score (nSPS) is 12.4. The monoisotopic (exact) mass is 214 g/mol. The lowest BCUT2D eigenvalue weighted by Gasteiger charge is -2.09. The molecular weight excluding hydrogens is 200 g/mol. The zero-order chi connectivity index (χ0) is 10.4. The number of hydrogen-bond donors (Lipinski definition) is 2. The zero-order valence-corrected chi connectivity index (χ0v) is 8.88. The lowest BCUT2D eigenvalue weighted by atomic mass is 10.1. The van der Waals surface area contributed by atoms with Gasteiger partial charge in [-0.15, -0.1) is 5.10 Å². The van der Waals surface area contributed by atoms with Crippen molar-refractivity contribution >= 4 is 22.4 Å². The minimum atomic E-state index is -0.433. The Kier molecular flexibility index (Phi) is 4.48. The van der Waals surface area contributed by atoms with Crippen LogP contribution in [0.25, 0.3) is 0 Å². The Morgan fingerprint density at radius 1 is 1.79 bits per heavy atom. The number of hydrogen-bond acceptors (Lipinski definition) is 5. The quantitative estimate of drug-likeness (QED) is 0.766. The van der Waals surface area contributed by atoms with Crippen LogP contribution in [0.1, 0.15) is 26.2 Å². The molecule has 0 bridgehead atoms. The molecule has 1 atom stereocenters. The first-order valence-electron chi connectivity index (χ1n) is 4.58. The van der Waals surface area contributed by atoms with Gasteiger partial charge in [-0.25, -0.2) is 0 Å². The Bertz CT molecular complexity index is 275. The maximum atomic E-state index is 11.4. The highest BCUT2D eigenvalue weighted by Crippen LogP contribution is 2.10. The summed E-state index contributed by atoms with van der Waals surface area (Å²) in [4.78, 5) is 11.4. The molecule has 14 heavy (non-hydrogen) atoms. The molecule has 6 heteroatoms. The molecule has 0 aliphatic rings. The van der Waals surface area contributed by atoms with E-state index in [1.807, 2.05) is 0 Å². The molecular formula is C8H14N4OS. The first-order chi connectivity index (χ1) is 6.74. The van der Waals surface area contributed by atoms with Crippen LogP contribution in [0.2, 0.25) is 0 Å². The molecule has 0 radical (unpaired) electrons. The van der Waals surface area contributed by atoms with E-state index in [1.165, 1.54) is 6.20 Å². The lowest BCUT2D eigenvalue weighted by Crippen LogP contribution is -2.35. The van der Waals surface area contributed by atoms with Gasteiger partial charge in [0.25, 0.3) is 0 Å². The Labute approximate surface area is 86.9 Å². The van der Waals surface area contributed by atoms with Gasteiger partial charge in [0, 0.05) is 11.5 Å². The summed E-state index contributed by atoms with van der Waals surface area (Å²) in [6.45, 7) is 2.07. The molecule has 3 N–H and O–H groups in total. The summed E-state index contributed by atoms with van der Waals surface area (Å²) in [5, 5.41) is 6.91. The molecule has 0 aromatic carbocycles. The number of nitrogens with one attached hydrogen (secondary N) is 1. The smallest absolute Gasteiger partial charge is 0.241 e. The van der Waals surface area contributed by atoms with Gasteiger partial charge in [-0.3, -0.25) is 4.79 Å². The number of anilines is 1. The van der Waals surface area contributed by atoms with E-state index in [9.17, 15) is 4.79 Å². The number of carbonyl (C=O) groups is 1. The Balaban J connectivity index is 2.34.